The molecule has 0 unspecified atom stereocenters. The van der Waals surface area contributed by atoms with Crippen LogP contribution in [0.2, 0.25) is 0 Å². The summed E-state index contributed by atoms with van der Waals surface area (Å²) in [4.78, 5) is 12.0. The molecule has 358 valence electrons. The van der Waals surface area contributed by atoms with Crippen molar-refractivity contribution >= 4 is 157 Å². The van der Waals surface area contributed by atoms with Gasteiger partial charge in [0.05, 0.1) is 20.6 Å². The molecule has 0 atom stereocenters. The molecule has 4 heterocycles. The van der Waals surface area contributed by atoms with Crippen LogP contribution in [0.4, 0.5) is 51.2 Å². The van der Waals surface area contributed by atoms with Crippen molar-refractivity contribution in [2.45, 2.75) is 0 Å². The van der Waals surface area contributed by atoms with Gasteiger partial charge in [-0.3, -0.25) is 4.98 Å². The highest BCUT2D eigenvalue weighted by atomic mass is 32.1. The Balaban J connectivity index is 0.915. The Hall–Kier alpha value is -9.11. The molecule has 4 aromatic heterocycles. The average Bonchev–Trinajstić information content (AvgIpc) is 4.18. The maximum absolute atomic E-state index is 4.79. The van der Waals surface area contributed by atoms with Gasteiger partial charge in [-0.05, 0) is 155 Å². The number of thiophene rings is 3. The molecule has 0 aliphatic heterocycles. The first-order valence-electron chi connectivity index (χ1n) is 25.5. The number of para-hydroxylation sites is 3. The number of nitrogens with zero attached hydrogens (tertiary/aromatic N) is 4. The summed E-state index contributed by atoms with van der Waals surface area (Å²) in [6.45, 7) is 0. The minimum atomic E-state index is 1.05. The Labute approximate surface area is 451 Å². The normalized spacial score (nSPS) is 11.7. The molecule has 0 aliphatic rings. The fraction of sp³-hybridized carbons (Fsp3) is 0. The number of anilines is 9. The van der Waals surface area contributed by atoms with Crippen LogP contribution >= 0.6 is 34.0 Å². The Morgan fingerprint density at radius 2 is 0.789 bits per heavy atom. The molecular weight excluding hydrogens is 981 g/mol. The van der Waals surface area contributed by atoms with Crippen LogP contribution in [0.1, 0.15) is 0 Å². The Morgan fingerprint density at radius 1 is 0.263 bits per heavy atom. The van der Waals surface area contributed by atoms with Crippen molar-refractivity contribution in [1.29, 1.82) is 0 Å². The smallest absolute Gasteiger partial charge is 0.0889 e. The van der Waals surface area contributed by atoms with Crippen molar-refractivity contribution in [3.63, 3.8) is 0 Å². The first kappa shape index (κ1) is 44.4. The molecule has 0 saturated heterocycles. The highest BCUT2D eigenvalue weighted by Crippen LogP contribution is 2.51. The van der Waals surface area contributed by atoms with Crippen molar-refractivity contribution in [3.05, 3.63) is 267 Å². The van der Waals surface area contributed by atoms with Crippen molar-refractivity contribution in [3.8, 4) is 11.1 Å². The second-order valence-corrected chi connectivity index (χ2v) is 22.4. The molecular formula is C69H44N4S3. The van der Waals surface area contributed by atoms with Gasteiger partial charge in [-0.2, -0.15) is 0 Å². The first-order valence-corrected chi connectivity index (χ1v) is 27.9. The SMILES string of the molecule is c1ccc(N(c2ccc3ccccc3c2)c2cc(N(c3ccccc3)c3ccc4c(c3)sc3ccccc34)c3sc4ccc(-c5ccc(N(c6ccccc6)c6ccc7sc8cccnc8c7c6)cc5)cc4c3c2)cc1. The number of rotatable bonds is 10. The summed E-state index contributed by atoms with van der Waals surface area (Å²) in [6, 6.07) is 95.4. The third-order valence-corrected chi connectivity index (χ3v) is 18.1. The molecule has 0 amide bonds. The topological polar surface area (TPSA) is 22.6 Å². The number of hydrogen-bond acceptors (Lipinski definition) is 7. The van der Waals surface area contributed by atoms with E-state index in [-0.39, 0.29) is 0 Å². The zero-order valence-corrected chi connectivity index (χ0v) is 43.4. The van der Waals surface area contributed by atoms with E-state index in [4.69, 9.17) is 4.98 Å². The van der Waals surface area contributed by atoms with Crippen LogP contribution in [-0.2, 0) is 0 Å². The van der Waals surface area contributed by atoms with Gasteiger partial charge in [0.1, 0.15) is 0 Å². The fourth-order valence-electron chi connectivity index (χ4n) is 11.1. The Morgan fingerprint density at radius 3 is 1.58 bits per heavy atom. The van der Waals surface area contributed by atoms with Gasteiger partial charge in [0.15, 0.2) is 0 Å². The van der Waals surface area contributed by atoms with E-state index in [1.807, 2.05) is 34.9 Å². The number of pyridine rings is 1. The predicted octanol–water partition coefficient (Wildman–Crippen LogP) is 21.4. The molecule has 15 aromatic rings. The van der Waals surface area contributed by atoms with Gasteiger partial charge in [-0.15, -0.1) is 34.0 Å². The van der Waals surface area contributed by atoms with Crippen molar-refractivity contribution < 1.29 is 0 Å². The third kappa shape index (κ3) is 7.67. The van der Waals surface area contributed by atoms with E-state index < -0.39 is 0 Å². The monoisotopic (exact) mass is 1020 g/mol. The molecule has 0 radical (unpaired) electrons. The van der Waals surface area contributed by atoms with E-state index >= 15 is 0 Å². The van der Waals surface area contributed by atoms with E-state index in [1.54, 1.807) is 11.3 Å². The number of fused-ring (bicyclic) bond motifs is 10. The van der Waals surface area contributed by atoms with E-state index in [0.717, 1.165) is 62.3 Å². The van der Waals surface area contributed by atoms with Gasteiger partial charge in [0.25, 0.3) is 0 Å². The lowest BCUT2D eigenvalue weighted by molar-refractivity contribution is 1.27. The quantitative estimate of drug-likeness (QED) is 0.136. The van der Waals surface area contributed by atoms with Gasteiger partial charge < -0.3 is 14.7 Å². The van der Waals surface area contributed by atoms with Crippen LogP contribution in [0, 0.1) is 0 Å². The van der Waals surface area contributed by atoms with E-state index in [0.29, 0.717) is 0 Å². The van der Waals surface area contributed by atoms with Crippen LogP contribution in [0.5, 0.6) is 0 Å². The standard InChI is InChI=1S/C69H44N4S3/c1-4-17-49(18-5-1)71(54-34-37-65-61(41-54)68-66(74-65)25-14-38-70-68)52-30-26-46(27-31-52)48-29-36-64-59(40-48)60-42-56(72(50-19-6-2-7-20-50)53-32-28-45-15-10-11-16-47(45)39-53)43-62(69(60)76-64)73(51-21-8-3-9-22-51)55-33-35-58-57-23-12-13-24-63(57)75-67(58)44-55/h1-44H. The summed E-state index contributed by atoms with van der Waals surface area (Å²) in [6.07, 6.45) is 1.89. The number of aromatic nitrogens is 1. The van der Waals surface area contributed by atoms with Gasteiger partial charge in [-0.1, -0.05) is 127 Å². The van der Waals surface area contributed by atoms with Gasteiger partial charge in [0.2, 0.25) is 0 Å². The Bertz CT molecular complexity index is 4660. The predicted molar refractivity (Wildman–Crippen MR) is 330 cm³/mol. The largest absolute Gasteiger partial charge is 0.310 e. The molecule has 0 N–H and O–H groups in total. The molecule has 15 rings (SSSR count). The number of benzene rings is 11. The van der Waals surface area contributed by atoms with Crippen LogP contribution in [-0.4, -0.2) is 4.98 Å². The van der Waals surface area contributed by atoms with Gasteiger partial charge in [-0.25, -0.2) is 0 Å². The summed E-state index contributed by atoms with van der Waals surface area (Å²) in [7, 11) is 0. The van der Waals surface area contributed by atoms with Crippen molar-refractivity contribution in [1.82, 2.24) is 4.98 Å². The maximum Gasteiger partial charge on any atom is 0.0889 e. The highest BCUT2D eigenvalue weighted by Gasteiger charge is 2.24. The second-order valence-electron chi connectivity index (χ2n) is 19.2. The third-order valence-electron chi connectivity index (χ3n) is 14.6. The lowest BCUT2D eigenvalue weighted by Gasteiger charge is -2.30. The summed E-state index contributed by atoms with van der Waals surface area (Å²) in [5.74, 6) is 0. The molecule has 0 bridgehead atoms. The minimum Gasteiger partial charge on any atom is -0.310 e. The maximum atomic E-state index is 4.79. The van der Waals surface area contributed by atoms with Crippen LogP contribution in [0.15, 0.2) is 267 Å². The van der Waals surface area contributed by atoms with Gasteiger partial charge >= 0.3 is 0 Å². The fourth-order valence-corrected chi connectivity index (χ4v) is 14.4. The summed E-state index contributed by atoms with van der Waals surface area (Å²) in [5.41, 5.74) is 13.2. The molecule has 0 saturated carbocycles. The van der Waals surface area contributed by atoms with Gasteiger partial charge in [0, 0.05) is 97.4 Å². The molecule has 76 heavy (non-hydrogen) atoms. The molecule has 4 nitrogen and oxygen atoms in total. The minimum absolute atomic E-state index is 1.05. The second kappa shape index (κ2) is 18.4. The van der Waals surface area contributed by atoms with Crippen LogP contribution < -0.4 is 14.7 Å². The summed E-state index contributed by atoms with van der Waals surface area (Å²) in [5, 5.41) is 8.59. The van der Waals surface area contributed by atoms with E-state index in [9.17, 15) is 0 Å². The molecule has 0 spiro atoms. The van der Waals surface area contributed by atoms with E-state index in [1.165, 1.54) is 71.5 Å². The van der Waals surface area contributed by atoms with E-state index in [2.05, 4.69) is 269 Å². The summed E-state index contributed by atoms with van der Waals surface area (Å²) < 4.78 is 7.46. The molecule has 7 heteroatoms. The average molecular weight is 1030 g/mol. The zero-order valence-electron chi connectivity index (χ0n) is 40.9. The van der Waals surface area contributed by atoms with Crippen molar-refractivity contribution in [2.24, 2.45) is 0 Å². The highest BCUT2D eigenvalue weighted by molar-refractivity contribution is 7.27. The Kier molecular flexibility index (Phi) is 10.7. The lowest BCUT2D eigenvalue weighted by Crippen LogP contribution is -2.13. The van der Waals surface area contributed by atoms with Crippen LogP contribution in [0.3, 0.4) is 0 Å². The molecule has 11 aromatic carbocycles. The number of hydrogen-bond donors (Lipinski definition) is 0. The molecule has 0 fully saturated rings. The summed E-state index contributed by atoms with van der Waals surface area (Å²) >= 11 is 5.52. The molecule has 0 aliphatic carbocycles. The lowest BCUT2D eigenvalue weighted by atomic mass is 10.0. The zero-order chi connectivity index (χ0) is 50.1. The first-order chi connectivity index (χ1) is 37.6. The van der Waals surface area contributed by atoms with Crippen LogP contribution in [0.25, 0.3) is 82.5 Å². The van der Waals surface area contributed by atoms with Crippen molar-refractivity contribution in [2.75, 3.05) is 14.7 Å².